The van der Waals surface area contributed by atoms with Gasteiger partial charge in [-0.2, -0.15) is 4.57 Å². The zero-order chi connectivity index (χ0) is 27.7. The molecule has 0 amide bonds. The van der Waals surface area contributed by atoms with Crippen molar-refractivity contribution in [2.24, 2.45) is 5.41 Å². The normalized spacial score (nSPS) is 18.5. The van der Waals surface area contributed by atoms with E-state index < -0.39 is 0 Å². The highest BCUT2D eigenvalue weighted by Crippen LogP contribution is 2.42. The van der Waals surface area contributed by atoms with Crippen molar-refractivity contribution in [3.8, 4) is 16.9 Å². The fourth-order valence-electron chi connectivity index (χ4n) is 5.97. The number of hydrogen-bond acceptors (Lipinski definition) is 3. The Labute approximate surface area is 242 Å². The molecule has 0 bridgehead atoms. The van der Waals surface area contributed by atoms with Gasteiger partial charge in [0.1, 0.15) is 11.2 Å². The molecule has 3 nitrogen and oxygen atoms in total. The number of anilines is 1. The monoisotopic (exact) mass is 545 g/mol. The molecule has 0 spiro atoms. The maximum atomic E-state index is 6.29. The van der Waals surface area contributed by atoms with E-state index in [4.69, 9.17) is 4.74 Å². The molecule has 3 aromatic carbocycles. The number of fused-ring (bicyclic) bond motifs is 2. The molecule has 40 heavy (non-hydrogen) atoms. The molecule has 0 atom stereocenters. The maximum Gasteiger partial charge on any atom is 0.263 e. The molecule has 0 radical (unpaired) electrons. The summed E-state index contributed by atoms with van der Waals surface area (Å²) in [6.45, 7) is 11.0. The summed E-state index contributed by atoms with van der Waals surface area (Å²) in [5, 5.41) is 1.32. The molecular weight excluding hydrogens is 508 g/mol. The van der Waals surface area contributed by atoms with Crippen LogP contribution in [0.3, 0.4) is 0 Å². The summed E-state index contributed by atoms with van der Waals surface area (Å²) in [6.07, 6.45) is 13.4. The van der Waals surface area contributed by atoms with Gasteiger partial charge in [0.05, 0.1) is 5.69 Å². The molecule has 1 aromatic heterocycles. The lowest BCUT2D eigenvalue weighted by atomic mass is 9.75. The van der Waals surface area contributed by atoms with Crippen LogP contribution in [-0.4, -0.2) is 6.54 Å². The van der Waals surface area contributed by atoms with Crippen molar-refractivity contribution >= 4 is 33.3 Å². The second kappa shape index (κ2) is 10.9. The van der Waals surface area contributed by atoms with Crippen molar-refractivity contribution in [2.45, 2.75) is 47.1 Å². The van der Waals surface area contributed by atoms with Crippen LogP contribution in [0.25, 0.3) is 27.4 Å². The van der Waals surface area contributed by atoms with Gasteiger partial charge in [-0.3, -0.25) is 0 Å². The van der Waals surface area contributed by atoms with Gasteiger partial charge in [0.25, 0.3) is 5.01 Å². The molecule has 6 rings (SSSR count). The largest absolute Gasteiger partial charge is 0.439 e. The Hall–Kier alpha value is -3.89. The highest BCUT2D eigenvalue weighted by atomic mass is 32.1. The molecule has 1 aliphatic heterocycles. The minimum atomic E-state index is 0.213. The molecule has 0 saturated carbocycles. The van der Waals surface area contributed by atoms with Gasteiger partial charge in [-0.1, -0.05) is 91.9 Å². The Balaban J connectivity index is 1.26. The number of thiazole rings is 1. The molecule has 0 saturated heterocycles. The summed E-state index contributed by atoms with van der Waals surface area (Å²) in [5.41, 5.74) is 7.83. The van der Waals surface area contributed by atoms with E-state index in [-0.39, 0.29) is 5.41 Å². The van der Waals surface area contributed by atoms with E-state index in [1.165, 1.54) is 37.5 Å². The quantitative estimate of drug-likeness (QED) is 0.224. The number of aryl methyl sites for hydroxylation is 1. The van der Waals surface area contributed by atoms with E-state index in [9.17, 15) is 0 Å². The van der Waals surface area contributed by atoms with Crippen LogP contribution in [0.4, 0.5) is 5.69 Å². The third-order valence-electron chi connectivity index (χ3n) is 7.70. The fourth-order valence-corrected chi connectivity index (χ4v) is 7.17. The first-order valence-corrected chi connectivity index (χ1v) is 15.1. The number of rotatable bonds is 6. The summed E-state index contributed by atoms with van der Waals surface area (Å²) in [7, 11) is 0. The number of nitrogens with zero attached hydrogens (tertiary/aromatic N) is 2. The topological polar surface area (TPSA) is 16.4 Å². The number of aromatic nitrogens is 1. The molecule has 0 unspecified atom stereocenters. The number of allylic oxidation sites excluding steroid dienone is 6. The van der Waals surface area contributed by atoms with Crippen LogP contribution in [-0.2, 0) is 6.54 Å². The van der Waals surface area contributed by atoms with Crippen LogP contribution in [0.1, 0.15) is 45.5 Å². The van der Waals surface area contributed by atoms with Crippen LogP contribution in [0.2, 0.25) is 0 Å². The van der Waals surface area contributed by atoms with Crippen LogP contribution in [0.5, 0.6) is 5.75 Å². The van der Waals surface area contributed by atoms with Gasteiger partial charge in [0, 0.05) is 18.7 Å². The fraction of sp³-hybridized carbons (Fsp3) is 0.250. The molecule has 0 fully saturated rings. The van der Waals surface area contributed by atoms with Crippen LogP contribution >= 0.6 is 11.3 Å². The lowest BCUT2D eigenvalue weighted by Gasteiger charge is -2.30. The molecule has 4 aromatic rings. The Morgan fingerprint density at radius 1 is 0.950 bits per heavy atom. The molecule has 0 N–H and O–H groups in total. The summed E-state index contributed by atoms with van der Waals surface area (Å²) >= 11 is 1.88. The predicted molar refractivity (Wildman–Crippen MR) is 170 cm³/mol. The Bertz CT molecular complexity index is 1670. The zero-order valence-electron chi connectivity index (χ0n) is 23.9. The zero-order valence-corrected chi connectivity index (χ0v) is 24.7. The van der Waals surface area contributed by atoms with E-state index in [1.54, 1.807) is 0 Å². The summed E-state index contributed by atoms with van der Waals surface area (Å²) in [6, 6.07) is 25.7. The second-order valence-corrected chi connectivity index (χ2v) is 12.4. The van der Waals surface area contributed by atoms with Gasteiger partial charge in [-0.05, 0) is 78.7 Å². The van der Waals surface area contributed by atoms with Crippen molar-refractivity contribution in [2.75, 3.05) is 11.4 Å². The van der Waals surface area contributed by atoms with Crippen molar-refractivity contribution in [1.82, 2.24) is 0 Å². The Morgan fingerprint density at radius 3 is 2.55 bits per heavy atom. The average Bonchev–Trinajstić information content (AvgIpc) is 3.48. The Kier molecular flexibility index (Phi) is 7.20. The van der Waals surface area contributed by atoms with Gasteiger partial charge >= 0.3 is 0 Å². The van der Waals surface area contributed by atoms with E-state index in [1.807, 2.05) is 11.3 Å². The number of para-hydroxylation sites is 1. The van der Waals surface area contributed by atoms with Gasteiger partial charge < -0.3 is 9.64 Å². The lowest BCUT2D eigenvalue weighted by Crippen LogP contribution is -2.33. The second-order valence-electron chi connectivity index (χ2n) is 11.4. The summed E-state index contributed by atoms with van der Waals surface area (Å²) in [5.74, 6) is 1.79. The third kappa shape index (κ3) is 5.29. The minimum absolute atomic E-state index is 0.213. The number of benzene rings is 3. The van der Waals surface area contributed by atoms with E-state index in [0.29, 0.717) is 0 Å². The third-order valence-corrected chi connectivity index (χ3v) is 8.81. The van der Waals surface area contributed by atoms with E-state index in [0.717, 1.165) is 43.3 Å². The van der Waals surface area contributed by atoms with Gasteiger partial charge in [0.2, 0.25) is 11.4 Å². The van der Waals surface area contributed by atoms with Gasteiger partial charge in [0.15, 0.2) is 5.75 Å². The highest BCUT2D eigenvalue weighted by molar-refractivity contribution is 7.18. The summed E-state index contributed by atoms with van der Waals surface area (Å²) in [4.78, 5) is 2.25. The summed E-state index contributed by atoms with van der Waals surface area (Å²) < 4.78 is 10.1. The average molecular weight is 546 g/mol. The van der Waals surface area contributed by atoms with E-state index >= 15 is 0 Å². The molecule has 4 heteroatoms. The molecule has 2 heterocycles. The van der Waals surface area contributed by atoms with Crippen molar-refractivity contribution in [3.63, 3.8) is 0 Å². The number of ether oxygens (including phenoxy) is 1. The molecule has 1 aliphatic carbocycles. The van der Waals surface area contributed by atoms with Gasteiger partial charge in [-0.25, -0.2) is 0 Å². The van der Waals surface area contributed by atoms with Crippen molar-refractivity contribution < 1.29 is 9.30 Å². The Morgan fingerprint density at radius 2 is 1.75 bits per heavy atom. The smallest absolute Gasteiger partial charge is 0.263 e. The lowest BCUT2D eigenvalue weighted by molar-refractivity contribution is -0.665. The first-order valence-electron chi connectivity index (χ1n) is 14.3. The van der Waals surface area contributed by atoms with Gasteiger partial charge in [-0.15, -0.1) is 0 Å². The van der Waals surface area contributed by atoms with Crippen LogP contribution in [0.15, 0.2) is 114 Å². The van der Waals surface area contributed by atoms with Crippen LogP contribution in [0, 0.1) is 5.41 Å². The highest BCUT2D eigenvalue weighted by Gasteiger charge is 2.27. The minimum Gasteiger partial charge on any atom is -0.439 e. The predicted octanol–water partition coefficient (Wildman–Crippen LogP) is 9.32. The first-order chi connectivity index (χ1) is 19.4. The standard InChI is InChI=1S/C36H37N2OS/c1-5-37-31-23-29(28-14-8-7-9-15-28)19-20-32(31)39-34(37)18-12-13-26-21-27(25-36(3,4)24-26)22-35-38(6-2)30-16-10-11-17-33(30)40-35/h7-23H,5-6,24-25H2,1-4H3/q+1. The molecule has 202 valence electrons. The van der Waals surface area contributed by atoms with Crippen molar-refractivity contribution in [1.29, 1.82) is 0 Å². The SMILES string of the molecule is CCN1/C(=C/C=C/C2=CC(=Cc3sc4ccccc4[n+]3CC)CC(C)(C)C2)Oc2ccc(-c3ccccc3)cc21. The molecular formula is C36H37N2OS+. The number of hydrogen-bond donors (Lipinski definition) is 0. The van der Waals surface area contributed by atoms with Crippen molar-refractivity contribution in [3.05, 3.63) is 119 Å². The molecule has 2 aliphatic rings. The van der Waals surface area contributed by atoms with E-state index in [2.05, 4.69) is 140 Å². The van der Waals surface area contributed by atoms with Crippen LogP contribution < -0.4 is 14.2 Å². The maximum absolute atomic E-state index is 6.29. The first kappa shape index (κ1) is 26.3.